The van der Waals surface area contributed by atoms with Gasteiger partial charge in [-0.1, -0.05) is 0 Å². The first-order valence-electron chi connectivity index (χ1n) is 3.69. The summed E-state index contributed by atoms with van der Waals surface area (Å²) in [6.07, 6.45) is -5.12. The zero-order chi connectivity index (χ0) is 13.4. The van der Waals surface area contributed by atoms with Crippen LogP contribution in [-0.4, -0.2) is 24.9 Å². The van der Waals surface area contributed by atoms with Crippen LogP contribution in [0, 0.1) is 3.70 Å². The molecule has 0 amide bonds. The summed E-state index contributed by atoms with van der Waals surface area (Å²) in [5.74, 6) is -1.86. The predicted molar refractivity (Wildman–Crippen MR) is 56.7 cm³/mol. The van der Waals surface area contributed by atoms with E-state index in [1.807, 2.05) is 0 Å². The zero-order valence-electron chi connectivity index (χ0n) is 7.69. The fourth-order valence-corrected chi connectivity index (χ4v) is 1.81. The minimum atomic E-state index is -5.12. The van der Waals surface area contributed by atoms with Crippen LogP contribution < -0.4 is 9.88 Å². The summed E-state index contributed by atoms with van der Waals surface area (Å²) >= 11 is 1.40. The van der Waals surface area contributed by atoms with Gasteiger partial charge in [-0.2, -0.15) is 0 Å². The summed E-state index contributed by atoms with van der Waals surface area (Å²) in [6, 6.07) is 0.533. The molecular formula is C6H4F3IN2O4S. The van der Waals surface area contributed by atoms with Crippen molar-refractivity contribution < 1.29 is 31.4 Å². The molecule has 0 radical (unpaired) electrons. The minimum Gasteiger partial charge on any atom is -0.505 e. The maximum atomic E-state index is 12.0. The van der Waals surface area contributed by atoms with E-state index in [0.29, 0.717) is 6.07 Å². The molecule has 0 unspecified atom stereocenters. The molecule has 0 aliphatic heterocycles. The lowest BCUT2D eigenvalue weighted by molar-refractivity contribution is -0.277. The maximum absolute atomic E-state index is 12.0. The summed E-state index contributed by atoms with van der Waals surface area (Å²) in [5, 5.41) is 13.8. The number of nitrogens with two attached hydrogens (primary N) is 1. The molecule has 0 aliphatic carbocycles. The van der Waals surface area contributed by atoms with Crippen LogP contribution >= 0.6 is 22.6 Å². The van der Waals surface area contributed by atoms with E-state index in [1.54, 1.807) is 0 Å². The van der Waals surface area contributed by atoms with E-state index in [9.17, 15) is 21.6 Å². The van der Waals surface area contributed by atoms with Gasteiger partial charge in [0.05, 0.1) is 0 Å². The standard InChI is InChI=1S/C6H4F3IN2O4S/c7-6(8,9)16-5-3(17(11,14)15)1-2(13)4(10)12-5/h1,13H,(H2,11,14,15). The van der Waals surface area contributed by atoms with E-state index in [2.05, 4.69) is 14.9 Å². The van der Waals surface area contributed by atoms with Crippen molar-refractivity contribution in [2.45, 2.75) is 11.3 Å². The van der Waals surface area contributed by atoms with Gasteiger partial charge in [-0.3, -0.25) is 0 Å². The Labute approximate surface area is 107 Å². The number of hydrogen-bond donors (Lipinski definition) is 2. The fraction of sp³-hybridized carbons (Fsp3) is 0.167. The molecule has 0 aromatic carbocycles. The lowest BCUT2D eigenvalue weighted by Gasteiger charge is -2.11. The Morgan fingerprint density at radius 1 is 1.47 bits per heavy atom. The smallest absolute Gasteiger partial charge is 0.505 e. The highest BCUT2D eigenvalue weighted by Crippen LogP contribution is 2.31. The summed E-state index contributed by atoms with van der Waals surface area (Å²) in [7, 11) is -4.50. The predicted octanol–water partition coefficient (Wildman–Crippen LogP) is 0.938. The molecule has 0 spiro atoms. The average Bonchev–Trinajstić information content (AvgIpc) is 2.06. The third-order valence-electron chi connectivity index (χ3n) is 1.41. The minimum absolute atomic E-state index is 0.255. The number of ether oxygens (including phenoxy) is 1. The molecule has 1 rings (SSSR count). The van der Waals surface area contributed by atoms with E-state index in [0.717, 1.165) is 0 Å². The highest BCUT2D eigenvalue weighted by molar-refractivity contribution is 14.1. The number of aromatic hydroxyl groups is 1. The molecule has 96 valence electrons. The van der Waals surface area contributed by atoms with Gasteiger partial charge in [-0.05, 0) is 22.6 Å². The van der Waals surface area contributed by atoms with Crippen LogP contribution in [0.1, 0.15) is 0 Å². The summed E-state index contributed by atoms with van der Waals surface area (Å²) in [5.41, 5.74) is 0. The number of rotatable bonds is 2. The lowest BCUT2D eigenvalue weighted by atomic mass is 10.4. The molecule has 3 N–H and O–H groups in total. The third-order valence-corrected chi connectivity index (χ3v) is 3.11. The second-order valence-electron chi connectivity index (χ2n) is 2.69. The van der Waals surface area contributed by atoms with Crippen molar-refractivity contribution in [1.82, 2.24) is 4.98 Å². The molecule has 0 saturated heterocycles. The number of hydrogen-bond acceptors (Lipinski definition) is 5. The topological polar surface area (TPSA) is 103 Å². The van der Waals surface area contributed by atoms with Crippen molar-refractivity contribution in [1.29, 1.82) is 0 Å². The highest BCUT2D eigenvalue weighted by atomic mass is 127. The van der Waals surface area contributed by atoms with Gasteiger partial charge in [0, 0.05) is 6.07 Å². The monoisotopic (exact) mass is 384 g/mol. The lowest BCUT2D eigenvalue weighted by Crippen LogP contribution is -2.22. The molecule has 0 bridgehead atoms. The normalized spacial score (nSPS) is 12.5. The molecule has 1 heterocycles. The highest BCUT2D eigenvalue weighted by Gasteiger charge is 2.35. The molecule has 0 fully saturated rings. The maximum Gasteiger partial charge on any atom is 0.574 e. The molecular weight excluding hydrogens is 380 g/mol. The van der Waals surface area contributed by atoms with Crippen molar-refractivity contribution >= 4 is 32.6 Å². The molecule has 1 aromatic rings. The van der Waals surface area contributed by atoms with Gasteiger partial charge < -0.3 is 9.84 Å². The van der Waals surface area contributed by atoms with E-state index in [4.69, 9.17) is 5.11 Å². The first kappa shape index (κ1) is 14.2. The Hall–Kier alpha value is -0.820. The first-order chi connectivity index (χ1) is 7.50. The SMILES string of the molecule is NS(=O)(=O)c1cc(O)c(I)nc1OC(F)(F)F. The zero-order valence-corrected chi connectivity index (χ0v) is 10.7. The average molecular weight is 384 g/mol. The van der Waals surface area contributed by atoms with Crippen molar-refractivity contribution in [2.24, 2.45) is 5.14 Å². The van der Waals surface area contributed by atoms with Crippen LogP contribution in [-0.2, 0) is 10.0 Å². The Morgan fingerprint density at radius 3 is 2.41 bits per heavy atom. The molecule has 0 saturated carbocycles. The van der Waals surface area contributed by atoms with Gasteiger partial charge in [-0.25, -0.2) is 18.5 Å². The van der Waals surface area contributed by atoms with Crippen molar-refractivity contribution in [2.75, 3.05) is 0 Å². The Bertz CT molecular complexity index is 545. The number of halogens is 4. The molecule has 1 aromatic heterocycles. The number of primary sulfonamides is 1. The van der Waals surface area contributed by atoms with Crippen LogP contribution in [0.4, 0.5) is 13.2 Å². The number of pyridine rings is 1. The van der Waals surface area contributed by atoms with Crippen LogP contribution in [0.15, 0.2) is 11.0 Å². The number of alkyl halides is 3. The second kappa shape index (κ2) is 4.45. The second-order valence-corrected chi connectivity index (χ2v) is 5.25. The summed E-state index contributed by atoms with van der Waals surface area (Å²) < 4.78 is 61.1. The number of nitrogens with zero attached hydrogens (tertiary/aromatic N) is 1. The van der Waals surface area contributed by atoms with E-state index < -0.39 is 32.9 Å². The van der Waals surface area contributed by atoms with Crippen LogP contribution in [0.5, 0.6) is 11.6 Å². The molecule has 0 atom stereocenters. The molecule has 0 aliphatic rings. The van der Waals surface area contributed by atoms with E-state index >= 15 is 0 Å². The Morgan fingerprint density at radius 2 is 2.00 bits per heavy atom. The van der Waals surface area contributed by atoms with Gasteiger partial charge in [-0.15, -0.1) is 13.2 Å². The quantitative estimate of drug-likeness (QED) is 0.584. The number of sulfonamides is 1. The fourth-order valence-electron chi connectivity index (χ4n) is 0.834. The van der Waals surface area contributed by atoms with Gasteiger partial charge in [0.2, 0.25) is 15.9 Å². The van der Waals surface area contributed by atoms with E-state index in [1.165, 1.54) is 22.6 Å². The van der Waals surface area contributed by atoms with Gasteiger partial charge in [0.25, 0.3) is 0 Å². The summed E-state index contributed by atoms with van der Waals surface area (Å²) in [6.45, 7) is 0. The summed E-state index contributed by atoms with van der Waals surface area (Å²) in [4.78, 5) is 2.11. The number of aromatic nitrogens is 1. The third kappa shape index (κ3) is 3.85. The molecule has 11 heteroatoms. The van der Waals surface area contributed by atoms with E-state index in [-0.39, 0.29) is 3.70 Å². The van der Waals surface area contributed by atoms with Crippen molar-refractivity contribution in [3.8, 4) is 11.6 Å². The van der Waals surface area contributed by atoms with Gasteiger partial charge in [0.15, 0.2) is 0 Å². The Balaban J connectivity index is 3.42. The molecule has 6 nitrogen and oxygen atoms in total. The van der Waals surface area contributed by atoms with Crippen molar-refractivity contribution in [3.05, 3.63) is 9.77 Å². The van der Waals surface area contributed by atoms with Crippen LogP contribution in [0.2, 0.25) is 0 Å². The largest absolute Gasteiger partial charge is 0.574 e. The first-order valence-corrected chi connectivity index (χ1v) is 6.31. The van der Waals surface area contributed by atoms with Crippen molar-refractivity contribution in [3.63, 3.8) is 0 Å². The van der Waals surface area contributed by atoms with Crippen LogP contribution in [0.3, 0.4) is 0 Å². The van der Waals surface area contributed by atoms with Crippen LogP contribution in [0.25, 0.3) is 0 Å². The van der Waals surface area contributed by atoms with Gasteiger partial charge in [0.1, 0.15) is 14.3 Å². The Kier molecular flexibility index (Phi) is 3.73. The molecule has 17 heavy (non-hydrogen) atoms. The van der Waals surface area contributed by atoms with Gasteiger partial charge >= 0.3 is 6.36 Å².